The molecule has 0 unspecified atom stereocenters. The predicted octanol–water partition coefficient (Wildman–Crippen LogP) is 5.47. The number of anilines is 1. The Morgan fingerprint density at radius 1 is 0.821 bits per heavy atom. The number of rotatable bonds is 5. The van der Waals surface area contributed by atoms with Crippen LogP contribution in [0.15, 0.2) is 78.9 Å². The number of hydrogen-bond acceptors (Lipinski definition) is 4. The molecule has 0 spiro atoms. The molecule has 5 aliphatic rings. The van der Waals surface area contributed by atoms with E-state index in [4.69, 9.17) is 0 Å². The Balaban J connectivity index is 1.16. The SMILES string of the molecule is Cc1ccc2c(c1)C(=O)c1cc(NC(=O)C[C@H](c3ccccc3)N3C(=O)[C@@H]4[C@@H](C3=O)[C@H]3C=C[C@H]4CC3)ccc1-2. The van der Waals surface area contributed by atoms with Crippen LogP contribution in [0.25, 0.3) is 11.1 Å². The molecule has 2 fully saturated rings. The Morgan fingerprint density at radius 3 is 2.08 bits per heavy atom. The molecular weight excluding hydrogens is 488 g/mol. The molecule has 6 nitrogen and oxygen atoms in total. The Kier molecular flexibility index (Phi) is 5.41. The zero-order chi connectivity index (χ0) is 26.8. The van der Waals surface area contributed by atoms with E-state index in [2.05, 4.69) is 17.5 Å². The van der Waals surface area contributed by atoms with Gasteiger partial charge in [-0.3, -0.25) is 24.1 Å². The highest BCUT2D eigenvalue weighted by Crippen LogP contribution is 2.51. The number of carbonyl (C=O) groups is 4. The van der Waals surface area contributed by atoms with E-state index in [1.807, 2.05) is 61.5 Å². The van der Waals surface area contributed by atoms with Crippen LogP contribution < -0.4 is 5.32 Å². The third-order valence-corrected chi connectivity index (χ3v) is 8.93. The number of amides is 3. The summed E-state index contributed by atoms with van der Waals surface area (Å²) < 4.78 is 0. The van der Waals surface area contributed by atoms with Gasteiger partial charge in [-0.2, -0.15) is 0 Å². The van der Waals surface area contributed by atoms with E-state index in [1.54, 1.807) is 12.1 Å². The van der Waals surface area contributed by atoms with E-state index in [1.165, 1.54) is 4.90 Å². The molecule has 1 heterocycles. The first-order valence-electron chi connectivity index (χ1n) is 13.6. The number of hydrogen-bond donors (Lipinski definition) is 1. The molecule has 3 amide bonds. The number of nitrogens with one attached hydrogen (secondary N) is 1. The van der Waals surface area contributed by atoms with Crippen molar-refractivity contribution in [2.75, 3.05) is 5.32 Å². The van der Waals surface area contributed by atoms with E-state index >= 15 is 0 Å². The normalized spacial score (nSPS) is 24.9. The number of aryl methyl sites for hydroxylation is 1. The van der Waals surface area contributed by atoms with Crippen LogP contribution >= 0.6 is 0 Å². The van der Waals surface area contributed by atoms with Crippen LogP contribution in [-0.2, 0) is 14.4 Å². The first kappa shape index (κ1) is 23.8. The summed E-state index contributed by atoms with van der Waals surface area (Å²) in [7, 11) is 0. The largest absolute Gasteiger partial charge is 0.326 e. The molecule has 8 rings (SSSR count). The third-order valence-electron chi connectivity index (χ3n) is 8.93. The fourth-order valence-electron chi connectivity index (χ4n) is 7.10. The van der Waals surface area contributed by atoms with Crippen LogP contribution in [0.2, 0.25) is 0 Å². The van der Waals surface area contributed by atoms with Crippen molar-refractivity contribution in [1.29, 1.82) is 0 Å². The smallest absolute Gasteiger partial charge is 0.234 e. The molecule has 39 heavy (non-hydrogen) atoms. The molecule has 0 aromatic heterocycles. The van der Waals surface area contributed by atoms with Crippen LogP contribution in [-0.4, -0.2) is 28.4 Å². The zero-order valence-corrected chi connectivity index (χ0v) is 21.6. The summed E-state index contributed by atoms with van der Waals surface area (Å²) in [6.45, 7) is 1.96. The van der Waals surface area contributed by atoms with Crippen molar-refractivity contribution in [3.8, 4) is 11.1 Å². The number of imide groups is 1. The number of likely N-dealkylation sites (tertiary alicyclic amines) is 1. The van der Waals surface area contributed by atoms with Crippen LogP contribution in [0.1, 0.15) is 52.4 Å². The Labute approximate surface area is 226 Å². The molecule has 0 radical (unpaired) electrons. The Hall–Kier alpha value is -4.32. The second-order valence-corrected chi connectivity index (χ2v) is 11.2. The summed E-state index contributed by atoms with van der Waals surface area (Å²) in [5.41, 5.74) is 5.28. The van der Waals surface area contributed by atoms with E-state index in [-0.39, 0.29) is 53.6 Å². The molecule has 1 N–H and O–H groups in total. The van der Waals surface area contributed by atoms with Gasteiger partial charge in [0.15, 0.2) is 5.78 Å². The molecule has 5 atom stereocenters. The minimum Gasteiger partial charge on any atom is -0.326 e. The summed E-state index contributed by atoms with van der Waals surface area (Å²) >= 11 is 0. The maximum Gasteiger partial charge on any atom is 0.234 e. The zero-order valence-electron chi connectivity index (χ0n) is 21.6. The average molecular weight is 517 g/mol. The number of carbonyl (C=O) groups excluding carboxylic acids is 4. The highest BCUT2D eigenvalue weighted by molar-refractivity contribution is 6.22. The highest BCUT2D eigenvalue weighted by atomic mass is 16.2. The molecule has 1 saturated carbocycles. The van der Waals surface area contributed by atoms with E-state index in [0.717, 1.165) is 35.1 Å². The lowest BCUT2D eigenvalue weighted by molar-refractivity contribution is -0.143. The van der Waals surface area contributed by atoms with Crippen molar-refractivity contribution in [3.05, 3.63) is 101 Å². The van der Waals surface area contributed by atoms with Gasteiger partial charge in [-0.15, -0.1) is 0 Å². The van der Waals surface area contributed by atoms with Crippen molar-refractivity contribution >= 4 is 29.2 Å². The minimum absolute atomic E-state index is 0.0546. The van der Waals surface area contributed by atoms with Gasteiger partial charge in [-0.25, -0.2) is 0 Å². The maximum absolute atomic E-state index is 13.7. The van der Waals surface area contributed by atoms with Gasteiger partial charge >= 0.3 is 0 Å². The number of allylic oxidation sites excluding steroid dienone is 2. The van der Waals surface area contributed by atoms with Gasteiger partial charge in [0.1, 0.15) is 0 Å². The standard InChI is InChI=1S/C33H28N2O4/c1-18-7-13-23-24-14-12-22(16-26(24)31(37)25(23)15-18)34-28(36)17-27(19-5-3-2-4-6-19)35-32(38)29-20-8-9-21(11-10-20)30(29)33(35)39/h2-9,12-16,20-21,27,29-30H,10-11,17H2,1H3,(H,34,36)/t20-,21-,27+,29-,30-/m0/s1. The maximum atomic E-state index is 13.7. The molecule has 1 aliphatic heterocycles. The topological polar surface area (TPSA) is 83.6 Å². The molecule has 1 saturated heterocycles. The van der Waals surface area contributed by atoms with E-state index < -0.39 is 6.04 Å². The fraction of sp³-hybridized carbons (Fsp3) is 0.273. The lowest BCUT2D eigenvalue weighted by Gasteiger charge is -2.38. The summed E-state index contributed by atoms with van der Waals surface area (Å²) in [4.78, 5) is 55.2. The molecule has 2 bridgehead atoms. The number of ketones is 1. The Morgan fingerprint density at radius 2 is 1.44 bits per heavy atom. The van der Waals surface area contributed by atoms with Crippen molar-refractivity contribution < 1.29 is 19.2 Å². The van der Waals surface area contributed by atoms with E-state index in [0.29, 0.717) is 16.8 Å². The van der Waals surface area contributed by atoms with Gasteiger partial charge in [0.25, 0.3) is 0 Å². The minimum atomic E-state index is -0.695. The van der Waals surface area contributed by atoms with Crippen LogP contribution in [0, 0.1) is 30.6 Å². The quantitative estimate of drug-likeness (QED) is 0.282. The summed E-state index contributed by atoms with van der Waals surface area (Å²) in [6, 6.07) is 19.8. The van der Waals surface area contributed by atoms with Crippen LogP contribution in [0.3, 0.4) is 0 Å². The van der Waals surface area contributed by atoms with Crippen molar-refractivity contribution in [3.63, 3.8) is 0 Å². The molecule has 4 aliphatic carbocycles. The van der Waals surface area contributed by atoms with Gasteiger partial charge in [-0.05, 0) is 66.5 Å². The average Bonchev–Trinajstić information content (AvgIpc) is 3.39. The number of benzene rings is 3. The lowest BCUT2D eigenvalue weighted by atomic mass is 9.63. The highest BCUT2D eigenvalue weighted by Gasteiger charge is 2.58. The summed E-state index contributed by atoms with van der Waals surface area (Å²) in [6.07, 6.45) is 5.98. The molecule has 3 aromatic carbocycles. The van der Waals surface area contributed by atoms with Crippen molar-refractivity contribution in [1.82, 2.24) is 4.90 Å². The first-order chi connectivity index (χ1) is 18.9. The molecule has 3 aromatic rings. The number of fused-ring (bicyclic) bond motifs is 4. The molecule has 194 valence electrons. The van der Waals surface area contributed by atoms with Crippen LogP contribution in [0.5, 0.6) is 0 Å². The van der Waals surface area contributed by atoms with Gasteiger partial charge in [0.2, 0.25) is 17.7 Å². The van der Waals surface area contributed by atoms with Crippen molar-refractivity contribution in [2.45, 2.75) is 32.2 Å². The van der Waals surface area contributed by atoms with Gasteiger partial charge in [0, 0.05) is 16.8 Å². The van der Waals surface area contributed by atoms with Crippen molar-refractivity contribution in [2.24, 2.45) is 23.7 Å². The summed E-state index contributed by atoms with van der Waals surface area (Å²) in [5, 5.41) is 2.92. The first-order valence-corrected chi connectivity index (χ1v) is 13.6. The predicted molar refractivity (Wildman–Crippen MR) is 147 cm³/mol. The van der Waals surface area contributed by atoms with Gasteiger partial charge in [0.05, 0.1) is 24.3 Å². The molecule has 6 heteroatoms. The van der Waals surface area contributed by atoms with Gasteiger partial charge < -0.3 is 5.32 Å². The number of nitrogens with zero attached hydrogens (tertiary/aromatic N) is 1. The third kappa shape index (κ3) is 3.69. The summed E-state index contributed by atoms with van der Waals surface area (Å²) in [5.74, 6) is -1.19. The lowest BCUT2D eigenvalue weighted by Crippen LogP contribution is -2.38. The molecular formula is C33H28N2O4. The second kappa shape index (κ2) is 8.87. The Bertz CT molecular complexity index is 1560. The monoisotopic (exact) mass is 516 g/mol. The fourth-order valence-corrected chi connectivity index (χ4v) is 7.10. The van der Waals surface area contributed by atoms with E-state index in [9.17, 15) is 19.2 Å². The van der Waals surface area contributed by atoms with Gasteiger partial charge in [-0.1, -0.05) is 66.2 Å². The van der Waals surface area contributed by atoms with Crippen LogP contribution in [0.4, 0.5) is 5.69 Å². The second-order valence-electron chi connectivity index (χ2n) is 11.2.